The molecule has 0 unspecified atom stereocenters. The van der Waals surface area contributed by atoms with Gasteiger partial charge in [0.25, 0.3) is 0 Å². The summed E-state index contributed by atoms with van der Waals surface area (Å²) in [6, 6.07) is 7.27. The lowest BCUT2D eigenvalue weighted by Crippen LogP contribution is -2.03. The predicted molar refractivity (Wildman–Crippen MR) is 75.2 cm³/mol. The molecule has 0 atom stereocenters. The number of hydrogen-bond acceptors (Lipinski definition) is 5. The quantitative estimate of drug-likeness (QED) is 0.707. The van der Waals surface area contributed by atoms with E-state index in [1.54, 1.807) is 16.8 Å². The molecule has 2 heterocycles. The van der Waals surface area contributed by atoms with Gasteiger partial charge in [-0.05, 0) is 31.2 Å². The smallest absolute Gasteiger partial charge is 0.224 e. The number of nitrogens with zero attached hydrogens (tertiary/aromatic N) is 4. The SMILES string of the molecule is Cc1nn(-c2ccc(Cl)cc2)c2nc(N)nc(N)c12. The van der Waals surface area contributed by atoms with Crippen molar-refractivity contribution in [2.75, 3.05) is 11.5 Å². The molecular weight excluding hydrogens is 264 g/mol. The summed E-state index contributed by atoms with van der Waals surface area (Å²) >= 11 is 5.88. The van der Waals surface area contributed by atoms with Crippen LogP contribution in [0.1, 0.15) is 5.69 Å². The van der Waals surface area contributed by atoms with E-state index in [-0.39, 0.29) is 5.95 Å². The molecule has 0 bridgehead atoms. The van der Waals surface area contributed by atoms with Crippen LogP contribution in [0, 0.1) is 6.92 Å². The number of aryl methyl sites for hydroxylation is 1. The third kappa shape index (κ3) is 1.86. The molecule has 0 fully saturated rings. The van der Waals surface area contributed by atoms with Gasteiger partial charge in [-0.3, -0.25) is 0 Å². The average Bonchev–Trinajstić information content (AvgIpc) is 2.67. The lowest BCUT2D eigenvalue weighted by atomic mass is 10.3. The Morgan fingerprint density at radius 1 is 1.11 bits per heavy atom. The highest BCUT2D eigenvalue weighted by Crippen LogP contribution is 2.25. The average molecular weight is 275 g/mol. The van der Waals surface area contributed by atoms with Crippen LogP contribution in [0.5, 0.6) is 0 Å². The van der Waals surface area contributed by atoms with Gasteiger partial charge in [-0.25, -0.2) is 4.68 Å². The Morgan fingerprint density at radius 2 is 1.79 bits per heavy atom. The Labute approximate surface area is 114 Å². The van der Waals surface area contributed by atoms with Crippen molar-refractivity contribution >= 4 is 34.4 Å². The first-order valence-electron chi connectivity index (χ1n) is 5.60. The fourth-order valence-electron chi connectivity index (χ4n) is 1.99. The fourth-order valence-corrected chi connectivity index (χ4v) is 2.12. The monoisotopic (exact) mass is 274 g/mol. The molecule has 0 spiro atoms. The van der Waals surface area contributed by atoms with E-state index in [2.05, 4.69) is 15.1 Å². The zero-order chi connectivity index (χ0) is 13.6. The number of nitrogen functional groups attached to an aromatic ring is 2. The standard InChI is InChI=1S/C12H11ClN6/c1-6-9-10(14)16-12(15)17-11(9)19(18-6)8-4-2-7(13)3-5-8/h2-5H,1H3,(H4,14,15,16,17). The summed E-state index contributed by atoms with van der Waals surface area (Å²) in [7, 11) is 0. The van der Waals surface area contributed by atoms with Gasteiger partial charge in [0.15, 0.2) is 5.65 Å². The molecule has 6 nitrogen and oxygen atoms in total. The molecule has 0 radical (unpaired) electrons. The molecule has 19 heavy (non-hydrogen) atoms. The highest BCUT2D eigenvalue weighted by molar-refractivity contribution is 6.30. The van der Waals surface area contributed by atoms with E-state index in [0.29, 0.717) is 21.9 Å². The number of hydrogen-bond donors (Lipinski definition) is 2. The van der Waals surface area contributed by atoms with Gasteiger partial charge in [0, 0.05) is 5.02 Å². The van der Waals surface area contributed by atoms with Crippen LogP contribution in [0.15, 0.2) is 24.3 Å². The molecule has 0 aliphatic rings. The van der Waals surface area contributed by atoms with Gasteiger partial charge in [-0.2, -0.15) is 15.1 Å². The van der Waals surface area contributed by atoms with E-state index < -0.39 is 0 Å². The molecule has 1 aromatic carbocycles. The van der Waals surface area contributed by atoms with Crippen molar-refractivity contribution in [1.82, 2.24) is 19.7 Å². The van der Waals surface area contributed by atoms with Crippen LogP contribution in [0.25, 0.3) is 16.7 Å². The van der Waals surface area contributed by atoms with E-state index in [1.807, 2.05) is 19.1 Å². The Balaban J connectivity index is 2.33. The second-order valence-electron chi connectivity index (χ2n) is 4.14. The van der Waals surface area contributed by atoms with Crippen LogP contribution in [0.2, 0.25) is 5.02 Å². The Hall–Kier alpha value is -2.34. The van der Waals surface area contributed by atoms with Gasteiger partial charge in [-0.1, -0.05) is 11.6 Å². The second kappa shape index (κ2) is 4.10. The van der Waals surface area contributed by atoms with Crippen LogP contribution in [0.4, 0.5) is 11.8 Å². The lowest BCUT2D eigenvalue weighted by molar-refractivity contribution is 0.877. The normalized spacial score (nSPS) is 11.1. The molecule has 0 saturated carbocycles. The highest BCUT2D eigenvalue weighted by atomic mass is 35.5. The molecule has 2 aromatic heterocycles. The Kier molecular flexibility index (Phi) is 2.53. The number of anilines is 2. The lowest BCUT2D eigenvalue weighted by Gasteiger charge is -2.03. The second-order valence-corrected chi connectivity index (χ2v) is 4.58. The first-order chi connectivity index (χ1) is 9.06. The van der Waals surface area contributed by atoms with E-state index in [9.17, 15) is 0 Å². The number of aromatic nitrogens is 4. The van der Waals surface area contributed by atoms with E-state index in [4.69, 9.17) is 23.1 Å². The first kappa shape index (κ1) is 11.7. The van der Waals surface area contributed by atoms with Gasteiger partial charge in [-0.15, -0.1) is 0 Å². The minimum atomic E-state index is 0.125. The predicted octanol–water partition coefficient (Wildman–Crippen LogP) is 1.94. The third-order valence-electron chi connectivity index (χ3n) is 2.82. The Bertz CT molecular complexity index is 762. The van der Waals surface area contributed by atoms with Crippen LogP contribution in [-0.4, -0.2) is 19.7 Å². The molecule has 0 amide bonds. The van der Waals surface area contributed by atoms with Gasteiger partial charge in [0.1, 0.15) is 5.82 Å². The minimum absolute atomic E-state index is 0.125. The van der Waals surface area contributed by atoms with Crippen molar-refractivity contribution in [1.29, 1.82) is 0 Å². The molecule has 3 rings (SSSR count). The minimum Gasteiger partial charge on any atom is -0.383 e. The van der Waals surface area contributed by atoms with Gasteiger partial charge >= 0.3 is 0 Å². The van der Waals surface area contributed by atoms with Crippen LogP contribution in [0.3, 0.4) is 0 Å². The van der Waals surface area contributed by atoms with Gasteiger partial charge < -0.3 is 11.5 Å². The van der Waals surface area contributed by atoms with Crippen molar-refractivity contribution in [3.8, 4) is 5.69 Å². The molecule has 7 heteroatoms. The summed E-state index contributed by atoms with van der Waals surface area (Å²) in [6.45, 7) is 1.85. The number of rotatable bonds is 1. The van der Waals surface area contributed by atoms with Crippen molar-refractivity contribution in [3.63, 3.8) is 0 Å². The fraction of sp³-hybridized carbons (Fsp3) is 0.0833. The van der Waals surface area contributed by atoms with Crippen LogP contribution >= 0.6 is 11.6 Å². The Morgan fingerprint density at radius 3 is 2.47 bits per heavy atom. The van der Waals surface area contributed by atoms with Crippen molar-refractivity contribution in [2.45, 2.75) is 6.92 Å². The van der Waals surface area contributed by atoms with Crippen molar-refractivity contribution in [3.05, 3.63) is 35.0 Å². The summed E-state index contributed by atoms with van der Waals surface area (Å²) in [4.78, 5) is 8.16. The molecule has 0 saturated heterocycles. The zero-order valence-corrected chi connectivity index (χ0v) is 10.9. The van der Waals surface area contributed by atoms with Crippen LogP contribution in [-0.2, 0) is 0 Å². The maximum Gasteiger partial charge on any atom is 0.224 e. The number of nitrogens with two attached hydrogens (primary N) is 2. The topological polar surface area (TPSA) is 95.6 Å². The molecule has 4 N–H and O–H groups in total. The highest BCUT2D eigenvalue weighted by Gasteiger charge is 2.14. The van der Waals surface area contributed by atoms with E-state index in [0.717, 1.165) is 11.4 Å². The van der Waals surface area contributed by atoms with E-state index in [1.165, 1.54) is 0 Å². The summed E-state index contributed by atoms with van der Waals surface area (Å²) in [6.07, 6.45) is 0. The molecule has 0 aliphatic heterocycles. The summed E-state index contributed by atoms with van der Waals surface area (Å²) < 4.78 is 1.68. The first-order valence-corrected chi connectivity index (χ1v) is 5.98. The van der Waals surface area contributed by atoms with Gasteiger partial charge in [0.05, 0.1) is 16.8 Å². The van der Waals surface area contributed by atoms with Crippen LogP contribution < -0.4 is 11.5 Å². The van der Waals surface area contributed by atoms with Crippen molar-refractivity contribution < 1.29 is 0 Å². The largest absolute Gasteiger partial charge is 0.383 e. The number of halogens is 1. The summed E-state index contributed by atoms with van der Waals surface area (Å²) in [5, 5.41) is 5.80. The maximum absolute atomic E-state index is 5.88. The third-order valence-corrected chi connectivity index (χ3v) is 3.07. The zero-order valence-electron chi connectivity index (χ0n) is 10.1. The number of benzene rings is 1. The van der Waals surface area contributed by atoms with Crippen molar-refractivity contribution in [2.24, 2.45) is 0 Å². The number of fused-ring (bicyclic) bond motifs is 1. The summed E-state index contributed by atoms with van der Waals surface area (Å²) in [5.74, 6) is 0.459. The molecule has 96 valence electrons. The molecule has 0 aliphatic carbocycles. The molecular formula is C12H11ClN6. The van der Waals surface area contributed by atoms with E-state index >= 15 is 0 Å². The summed E-state index contributed by atoms with van der Waals surface area (Å²) in [5.41, 5.74) is 13.7. The maximum atomic E-state index is 5.88. The molecule has 3 aromatic rings. The van der Waals surface area contributed by atoms with Gasteiger partial charge in [0.2, 0.25) is 5.95 Å².